The summed E-state index contributed by atoms with van der Waals surface area (Å²) in [6, 6.07) is 0. The maximum absolute atomic E-state index is 9.01. The second kappa shape index (κ2) is 4.09. The van der Waals surface area contributed by atoms with Gasteiger partial charge in [0, 0.05) is 0 Å². The van der Waals surface area contributed by atoms with Gasteiger partial charge in [0.15, 0.2) is 0 Å². The zero-order valence-electron chi connectivity index (χ0n) is 6.89. The summed E-state index contributed by atoms with van der Waals surface area (Å²) in [5, 5.41) is 9.01. The quantitative estimate of drug-likeness (QED) is 0.475. The Balaban J connectivity index is 4.11. The number of aliphatic hydroxyl groups excluding tert-OH is 1. The average molecular weight is 141 g/mol. The molecule has 1 N–H and O–H groups in total. The first-order chi connectivity index (χ1) is 4.57. The van der Waals surface area contributed by atoms with Crippen LogP contribution in [0.3, 0.4) is 0 Å². The second-order valence-electron chi connectivity index (χ2n) is 2.79. The molecule has 0 aromatic heterocycles. The summed E-state index contributed by atoms with van der Waals surface area (Å²) in [6.45, 7) is 9.15. The number of hydrogen-bond donors (Lipinski definition) is 1. The average Bonchev–Trinajstić information content (AvgIpc) is 1.81. The van der Waals surface area contributed by atoms with Crippen LogP contribution in [-0.4, -0.2) is 11.8 Å². The molecule has 10 heavy (non-hydrogen) atoms. The Morgan fingerprint density at radius 1 is 1.60 bits per heavy atom. The van der Waals surface area contributed by atoms with E-state index in [1.54, 1.807) is 6.92 Å². The van der Waals surface area contributed by atoms with Gasteiger partial charge in [-0.15, -0.1) is 0 Å². The summed E-state index contributed by atoms with van der Waals surface area (Å²) in [5.74, 6) is 0.798. The van der Waals surface area contributed by atoms with E-state index < -0.39 is 0 Å². The molecule has 0 saturated carbocycles. The first-order valence-electron chi connectivity index (χ1n) is 3.43. The van der Waals surface area contributed by atoms with E-state index in [1.165, 1.54) is 0 Å². The van der Waals surface area contributed by atoms with Crippen molar-refractivity contribution in [2.45, 2.75) is 27.2 Å². The Labute approximate surface area is 62.3 Å². The molecular formula is C8H15NO. The third kappa shape index (κ3) is 3.28. The van der Waals surface area contributed by atoms with Crippen LogP contribution >= 0.6 is 0 Å². The van der Waals surface area contributed by atoms with E-state index in [9.17, 15) is 0 Å². The summed E-state index contributed by atoms with van der Waals surface area (Å²) in [4.78, 5) is 3.71. The fourth-order valence-corrected chi connectivity index (χ4v) is 0.713. The Hall–Kier alpha value is -0.790. The smallest absolute Gasteiger partial charge is 0.111 e. The molecule has 0 radical (unpaired) electrons. The van der Waals surface area contributed by atoms with Gasteiger partial charge in [-0.25, -0.2) is 0 Å². The maximum Gasteiger partial charge on any atom is 0.111 e. The zero-order valence-corrected chi connectivity index (χ0v) is 6.89. The van der Waals surface area contributed by atoms with Crippen molar-refractivity contribution in [3.8, 4) is 0 Å². The van der Waals surface area contributed by atoms with Crippen LogP contribution < -0.4 is 0 Å². The van der Waals surface area contributed by atoms with Gasteiger partial charge in [0.25, 0.3) is 0 Å². The molecule has 0 unspecified atom stereocenters. The first-order valence-corrected chi connectivity index (χ1v) is 3.43. The van der Waals surface area contributed by atoms with E-state index in [0.717, 1.165) is 6.42 Å². The Bertz CT molecular complexity index is 143. The van der Waals surface area contributed by atoms with E-state index in [-0.39, 0.29) is 5.76 Å². The summed E-state index contributed by atoms with van der Waals surface area (Å²) >= 11 is 0. The third-order valence-corrected chi connectivity index (χ3v) is 1.21. The predicted octanol–water partition coefficient (Wildman–Crippen LogP) is 2.52. The number of hydrogen-bond acceptors (Lipinski definition) is 2. The van der Waals surface area contributed by atoms with E-state index in [2.05, 4.69) is 25.6 Å². The van der Waals surface area contributed by atoms with E-state index in [1.807, 2.05) is 0 Å². The lowest BCUT2D eigenvalue weighted by atomic mass is 10.1. The molecule has 0 heterocycles. The van der Waals surface area contributed by atoms with Crippen LogP contribution in [0.25, 0.3) is 0 Å². The Morgan fingerprint density at radius 3 is 2.20 bits per heavy atom. The molecule has 0 saturated heterocycles. The second-order valence-corrected chi connectivity index (χ2v) is 2.79. The highest BCUT2D eigenvalue weighted by Gasteiger charge is 2.01. The van der Waals surface area contributed by atoms with Gasteiger partial charge < -0.3 is 5.11 Å². The van der Waals surface area contributed by atoms with Crippen LogP contribution in [0.4, 0.5) is 0 Å². The standard InChI is InChI=1S/C8H15NO/c1-6(2)5-8(9-4)7(3)10/h6,10H,4-5H2,1-3H3/b8-7+. The molecule has 2 nitrogen and oxygen atoms in total. The van der Waals surface area contributed by atoms with Gasteiger partial charge in [0.05, 0.1) is 5.70 Å². The summed E-state index contributed by atoms with van der Waals surface area (Å²) in [5.41, 5.74) is 0.704. The fourth-order valence-electron chi connectivity index (χ4n) is 0.713. The molecule has 0 aliphatic carbocycles. The number of allylic oxidation sites excluding steroid dienone is 2. The van der Waals surface area contributed by atoms with Gasteiger partial charge in [-0.05, 0) is 26.0 Å². The molecule has 0 rings (SSSR count). The number of aliphatic imine (C=N–C) groups is 1. The van der Waals surface area contributed by atoms with Crippen LogP contribution in [0.5, 0.6) is 0 Å². The predicted molar refractivity (Wildman–Crippen MR) is 44.3 cm³/mol. The van der Waals surface area contributed by atoms with Gasteiger partial charge >= 0.3 is 0 Å². The van der Waals surface area contributed by atoms with Crippen molar-refractivity contribution in [2.75, 3.05) is 0 Å². The van der Waals surface area contributed by atoms with Crippen molar-refractivity contribution < 1.29 is 5.11 Å². The van der Waals surface area contributed by atoms with E-state index in [0.29, 0.717) is 11.6 Å². The first kappa shape index (κ1) is 9.21. The van der Waals surface area contributed by atoms with Crippen molar-refractivity contribution in [3.63, 3.8) is 0 Å². The summed E-state index contributed by atoms with van der Waals surface area (Å²) in [7, 11) is 0. The highest BCUT2D eigenvalue weighted by Crippen LogP contribution is 2.13. The molecule has 0 fully saturated rings. The van der Waals surface area contributed by atoms with Gasteiger partial charge in [0.2, 0.25) is 0 Å². The maximum atomic E-state index is 9.01. The molecule has 0 aliphatic heterocycles. The van der Waals surface area contributed by atoms with Crippen molar-refractivity contribution in [2.24, 2.45) is 10.9 Å². The van der Waals surface area contributed by atoms with Crippen molar-refractivity contribution >= 4 is 6.72 Å². The Morgan fingerprint density at radius 2 is 2.10 bits per heavy atom. The topological polar surface area (TPSA) is 32.6 Å². The van der Waals surface area contributed by atoms with E-state index >= 15 is 0 Å². The van der Waals surface area contributed by atoms with Crippen LogP contribution in [0.1, 0.15) is 27.2 Å². The highest BCUT2D eigenvalue weighted by molar-refractivity contribution is 5.29. The fraction of sp³-hybridized carbons (Fsp3) is 0.625. The molecular weight excluding hydrogens is 126 g/mol. The van der Waals surface area contributed by atoms with Crippen LogP contribution in [0, 0.1) is 5.92 Å². The van der Waals surface area contributed by atoms with Gasteiger partial charge in [-0.3, -0.25) is 4.99 Å². The molecule has 0 aromatic rings. The molecule has 0 aliphatic rings. The lowest BCUT2D eigenvalue weighted by Gasteiger charge is -2.04. The lowest BCUT2D eigenvalue weighted by Crippen LogP contribution is -1.91. The largest absolute Gasteiger partial charge is 0.511 e. The number of rotatable bonds is 3. The molecule has 2 heteroatoms. The van der Waals surface area contributed by atoms with Crippen molar-refractivity contribution in [1.29, 1.82) is 0 Å². The monoisotopic (exact) mass is 141 g/mol. The summed E-state index contributed by atoms with van der Waals surface area (Å²) in [6.07, 6.45) is 0.797. The number of aliphatic hydroxyl groups is 1. The van der Waals surface area contributed by atoms with Crippen molar-refractivity contribution in [3.05, 3.63) is 11.5 Å². The SMILES string of the molecule is C=N/C(CC(C)C)=C(\C)O. The molecule has 0 bridgehead atoms. The van der Waals surface area contributed by atoms with Crippen LogP contribution in [0.2, 0.25) is 0 Å². The molecule has 0 spiro atoms. The zero-order chi connectivity index (χ0) is 8.15. The number of nitrogens with zero attached hydrogens (tertiary/aromatic N) is 1. The lowest BCUT2D eigenvalue weighted by molar-refractivity contribution is 0.399. The highest BCUT2D eigenvalue weighted by atomic mass is 16.3. The minimum Gasteiger partial charge on any atom is -0.511 e. The van der Waals surface area contributed by atoms with Crippen molar-refractivity contribution in [1.82, 2.24) is 0 Å². The van der Waals surface area contributed by atoms with Gasteiger partial charge in [-0.1, -0.05) is 13.8 Å². The van der Waals surface area contributed by atoms with Gasteiger partial charge in [-0.2, -0.15) is 0 Å². The van der Waals surface area contributed by atoms with Gasteiger partial charge in [0.1, 0.15) is 5.76 Å². The van der Waals surface area contributed by atoms with Crippen LogP contribution in [0.15, 0.2) is 16.4 Å². The minimum atomic E-state index is 0.281. The molecule has 0 amide bonds. The summed E-state index contributed by atoms with van der Waals surface area (Å²) < 4.78 is 0. The molecule has 58 valence electrons. The molecule has 0 atom stereocenters. The molecule has 0 aromatic carbocycles. The minimum absolute atomic E-state index is 0.281. The normalized spacial score (nSPS) is 13.2. The van der Waals surface area contributed by atoms with E-state index in [4.69, 9.17) is 5.11 Å². The third-order valence-electron chi connectivity index (χ3n) is 1.21. The van der Waals surface area contributed by atoms with Crippen LogP contribution in [-0.2, 0) is 0 Å². The Kier molecular flexibility index (Phi) is 3.77.